The van der Waals surface area contributed by atoms with Crippen molar-refractivity contribution in [3.63, 3.8) is 0 Å². The lowest BCUT2D eigenvalue weighted by molar-refractivity contribution is -0.137. The predicted molar refractivity (Wildman–Crippen MR) is 115 cm³/mol. The Hall–Kier alpha value is -3.49. The summed E-state index contributed by atoms with van der Waals surface area (Å²) in [5, 5.41) is 0. The highest BCUT2D eigenvalue weighted by Gasteiger charge is 2.53. The summed E-state index contributed by atoms with van der Waals surface area (Å²) >= 11 is 0. The van der Waals surface area contributed by atoms with Crippen LogP contribution >= 0.6 is 0 Å². The molecule has 1 aromatic carbocycles. The lowest BCUT2D eigenvalue weighted by Crippen LogP contribution is -2.51. The zero-order valence-corrected chi connectivity index (χ0v) is 18.2. The number of nitrogens with zero attached hydrogens (tertiary/aromatic N) is 3. The Morgan fingerprint density at radius 2 is 1.85 bits per heavy atom. The molecule has 1 aliphatic heterocycles. The minimum Gasteiger partial charge on any atom is -0.472 e. The number of rotatable bonds is 4. The lowest BCUT2D eigenvalue weighted by Gasteiger charge is -2.38. The largest absolute Gasteiger partial charge is 0.472 e. The molecule has 5 nitrogen and oxygen atoms in total. The Morgan fingerprint density at radius 3 is 2.53 bits per heavy atom. The molecule has 0 radical (unpaired) electrons. The second kappa shape index (κ2) is 8.38. The summed E-state index contributed by atoms with van der Waals surface area (Å²) < 4.78 is 58.1. The highest BCUT2D eigenvalue weighted by atomic mass is 19.4. The van der Waals surface area contributed by atoms with Crippen LogP contribution in [-0.4, -0.2) is 39.0 Å². The first-order valence-corrected chi connectivity index (χ1v) is 11.0. The van der Waals surface area contributed by atoms with Crippen molar-refractivity contribution < 1.29 is 27.1 Å². The number of ether oxygens (including phenoxy) is 1. The molecular weight excluding hydrogens is 450 g/mol. The van der Waals surface area contributed by atoms with Gasteiger partial charge in [0.1, 0.15) is 6.10 Å². The SMILES string of the molecule is C[C@@H]1[C@H]2C[C@@H](Oc3ccc(C(F)(F)F)cn3)[C@H](C2)N1C(=O)c1ccccc1-c1cccc(F)n1. The summed E-state index contributed by atoms with van der Waals surface area (Å²) in [6.07, 6.45) is -2.69. The van der Waals surface area contributed by atoms with Gasteiger partial charge in [-0.25, -0.2) is 9.97 Å². The van der Waals surface area contributed by atoms with Gasteiger partial charge in [0.25, 0.3) is 5.91 Å². The van der Waals surface area contributed by atoms with Crippen molar-refractivity contribution in [1.82, 2.24) is 14.9 Å². The molecule has 176 valence electrons. The number of benzene rings is 1. The van der Waals surface area contributed by atoms with Crippen LogP contribution < -0.4 is 4.74 Å². The summed E-state index contributed by atoms with van der Waals surface area (Å²) in [5.41, 5.74) is 0.457. The maximum Gasteiger partial charge on any atom is 0.417 e. The van der Waals surface area contributed by atoms with Crippen LogP contribution in [0.1, 0.15) is 35.7 Å². The van der Waals surface area contributed by atoms with Crippen molar-refractivity contribution >= 4 is 5.91 Å². The van der Waals surface area contributed by atoms with E-state index in [1.54, 1.807) is 41.3 Å². The monoisotopic (exact) mass is 471 g/mol. The second-order valence-electron chi connectivity index (χ2n) is 8.68. The van der Waals surface area contributed by atoms with Crippen LogP contribution in [0.25, 0.3) is 11.3 Å². The van der Waals surface area contributed by atoms with Crippen molar-refractivity contribution in [2.45, 2.75) is 44.1 Å². The van der Waals surface area contributed by atoms with Crippen LogP contribution in [0.3, 0.4) is 0 Å². The van der Waals surface area contributed by atoms with Crippen molar-refractivity contribution in [2.24, 2.45) is 5.92 Å². The number of pyridine rings is 2. The average molecular weight is 471 g/mol. The molecule has 34 heavy (non-hydrogen) atoms. The smallest absolute Gasteiger partial charge is 0.417 e. The van der Waals surface area contributed by atoms with E-state index in [0.29, 0.717) is 23.2 Å². The first-order chi connectivity index (χ1) is 16.2. The molecule has 2 aliphatic rings. The molecule has 0 N–H and O–H groups in total. The fourth-order valence-electron chi connectivity index (χ4n) is 5.05. The van der Waals surface area contributed by atoms with Crippen molar-refractivity contribution in [3.05, 3.63) is 77.9 Å². The number of fused-ring (bicyclic) bond motifs is 2. The average Bonchev–Trinajstić information content (AvgIpc) is 3.36. The summed E-state index contributed by atoms with van der Waals surface area (Å²) in [6.45, 7) is 1.98. The molecular formula is C25H21F4N3O2. The van der Waals surface area contributed by atoms with E-state index in [9.17, 15) is 22.4 Å². The maximum absolute atomic E-state index is 13.7. The van der Waals surface area contributed by atoms with E-state index in [2.05, 4.69) is 9.97 Å². The molecule has 1 saturated carbocycles. The zero-order chi connectivity index (χ0) is 24.0. The number of hydrogen-bond acceptors (Lipinski definition) is 4. The minimum atomic E-state index is -4.47. The number of alkyl halides is 3. The van der Waals surface area contributed by atoms with Crippen LogP contribution in [0, 0.1) is 11.9 Å². The van der Waals surface area contributed by atoms with Crippen LogP contribution in [0.15, 0.2) is 60.8 Å². The fourth-order valence-corrected chi connectivity index (χ4v) is 5.05. The third-order valence-corrected chi connectivity index (χ3v) is 6.71. The quantitative estimate of drug-likeness (QED) is 0.379. The van der Waals surface area contributed by atoms with E-state index in [1.807, 2.05) is 6.92 Å². The number of likely N-dealkylation sites (tertiary alicyclic amines) is 1. The molecule has 1 amide bonds. The molecule has 2 fully saturated rings. The number of hydrogen-bond donors (Lipinski definition) is 0. The van der Waals surface area contributed by atoms with Crippen LogP contribution in [0.4, 0.5) is 17.6 Å². The van der Waals surface area contributed by atoms with Crippen molar-refractivity contribution in [2.75, 3.05) is 0 Å². The summed E-state index contributed by atoms with van der Waals surface area (Å²) in [4.78, 5) is 23.2. The number of amides is 1. The minimum absolute atomic E-state index is 0.0357. The summed E-state index contributed by atoms with van der Waals surface area (Å²) in [6, 6.07) is 13.2. The van der Waals surface area contributed by atoms with Crippen LogP contribution in [0.2, 0.25) is 0 Å². The number of piperidine rings is 1. The topological polar surface area (TPSA) is 55.3 Å². The third-order valence-electron chi connectivity index (χ3n) is 6.71. The van der Waals surface area contributed by atoms with Gasteiger partial charge in [-0.3, -0.25) is 4.79 Å². The molecule has 5 rings (SSSR count). The predicted octanol–water partition coefficient (Wildman–Crippen LogP) is 5.37. The fraction of sp³-hybridized carbons (Fsp3) is 0.320. The van der Waals surface area contributed by atoms with Gasteiger partial charge in [0.2, 0.25) is 11.8 Å². The molecule has 2 bridgehead atoms. The van der Waals surface area contributed by atoms with Gasteiger partial charge >= 0.3 is 6.18 Å². The number of aromatic nitrogens is 2. The van der Waals surface area contributed by atoms with Gasteiger partial charge in [0.15, 0.2) is 0 Å². The molecule has 0 spiro atoms. The molecule has 4 atom stereocenters. The Kier molecular flexibility index (Phi) is 5.50. The summed E-state index contributed by atoms with van der Waals surface area (Å²) in [7, 11) is 0. The van der Waals surface area contributed by atoms with E-state index in [4.69, 9.17) is 4.74 Å². The Morgan fingerprint density at radius 1 is 1.06 bits per heavy atom. The standard InChI is InChI=1S/C25H21F4N3O2/c1-14-15-11-20(21(12-15)34-23-10-9-16(13-30-23)25(27,28)29)32(14)24(33)18-6-3-2-5-17(18)19-7-4-8-22(26)31-19/h2-10,13-15,20-21H,11-12H2,1H3/t14-,15-,20+,21-/m1/s1. The van der Waals surface area contributed by atoms with E-state index in [1.165, 1.54) is 12.1 Å². The number of halogens is 4. The Balaban J connectivity index is 1.39. The lowest BCUT2D eigenvalue weighted by atomic mass is 9.96. The van der Waals surface area contributed by atoms with Gasteiger partial charge in [0, 0.05) is 29.4 Å². The van der Waals surface area contributed by atoms with Crippen LogP contribution in [0.5, 0.6) is 5.88 Å². The van der Waals surface area contributed by atoms with Gasteiger partial charge in [-0.2, -0.15) is 17.6 Å². The maximum atomic E-state index is 13.7. The first-order valence-electron chi connectivity index (χ1n) is 11.0. The Labute approximate surface area is 193 Å². The molecule has 1 saturated heterocycles. The van der Waals surface area contributed by atoms with Crippen LogP contribution in [-0.2, 0) is 6.18 Å². The van der Waals surface area contributed by atoms with Gasteiger partial charge < -0.3 is 9.64 Å². The Bertz CT molecular complexity index is 1220. The normalized spacial score (nSPS) is 23.9. The highest BCUT2D eigenvalue weighted by Crippen LogP contribution is 2.45. The van der Waals surface area contributed by atoms with Crippen molar-refractivity contribution in [3.8, 4) is 17.1 Å². The van der Waals surface area contributed by atoms with E-state index < -0.39 is 17.7 Å². The summed E-state index contributed by atoms with van der Waals surface area (Å²) in [5.74, 6) is -0.552. The van der Waals surface area contributed by atoms with E-state index in [-0.39, 0.29) is 35.9 Å². The van der Waals surface area contributed by atoms with Gasteiger partial charge in [-0.05, 0) is 49.9 Å². The molecule has 9 heteroatoms. The molecule has 3 aromatic rings. The zero-order valence-electron chi connectivity index (χ0n) is 18.2. The van der Waals surface area contributed by atoms with E-state index in [0.717, 1.165) is 18.7 Å². The molecule has 2 aromatic heterocycles. The molecule has 0 unspecified atom stereocenters. The highest BCUT2D eigenvalue weighted by molar-refractivity contribution is 6.01. The van der Waals surface area contributed by atoms with Gasteiger partial charge in [-0.1, -0.05) is 24.3 Å². The van der Waals surface area contributed by atoms with Gasteiger partial charge in [-0.15, -0.1) is 0 Å². The van der Waals surface area contributed by atoms with Gasteiger partial charge in [0.05, 0.1) is 17.3 Å². The number of carbonyl (C=O) groups is 1. The third kappa shape index (κ3) is 3.99. The molecule has 1 aliphatic carbocycles. The van der Waals surface area contributed by atoms with E-state index >= 15 is 0 Å². The molecule has 3 heterocycles. The first kappa shape index (κ1) is 22.3. The second-order valence-corrected chi connectivity index (χ2v) is 8.68. The van der Waals surface area contributed by atoms with Crippen molar-refractivity contribution in [1.29, 1.82) is 0 Å². The number of carbonyl (C=O) groups excluding carboxylic acids is 1.